The second-order valence-corrected chi connectivity index (χ2v) is 5.29. The van der Waals surface area contributed by atoms with Crippen molar-refractivity contribution in [1.82, 2.24) is 4.90 Å². The lowest BCUT2D eigenvalue weighted by Gasteiger charge is -2.28. The molecule has 2 rings (SSSR count). The molecule has 0 bridgehead atoms. The van der Waals surface area contributed by atoms with E-state index in [9.17, 15) is 14.0 Å². The van der Waals surface area contributed by atoms with E-state index in [1.54, 1.807) is 4.90 Å². The van der Waals surface area contributed by atoms with Crippen molar-refractivity contribution in [1.29, 1.82) is 0 Å². The fourth-order valence-corrected chi connectivity index (χ4v) is 2.84. The van der Waals surface area contributed by atoms with Crippen LogP contribution in [-0.4, -0.2) is 34.1 Å². The zero-order valence-electron chi connectivity index (χ0n) is 12.1. The van der Waals surface area contributed by atoms with E-state index < -0.39 is 17.8 Å². The maximum absolute atomic E-state index is 13.8. The number of nitrogens with one attached hydrogen (secondary N) is 1. The first-order valence-corrected chi connectivity index (χ1v) is 7.06. The van der Waals surface area contributed by atoms with E-state index in [4.69, 9.17) is 5.11 Å². The number of anilines is 1. The number of halogens is 1. The van der Waals surface area contributed by atoms with E-state index in [0.717, 1.165) is 25.3 Å². The van der Waals surface area contributed by atoms with E-state index in [1.165, 1.54) is 12.1 Å². The molecule has 0 radical (unpaired) electrons. The first-order valence-electron chi connectivity index (χ1n) is 7.06. The Kier molecular flexibility index (Phi) is 4.45. The van der Waals surface area contributed by atoms with Crippen LogP contribution in [0.25, 0.3) is 0 Å². The lowest BCUT2D eigenvalue weighted by atomic mass is 10.1. The highest BCUT2D eigenvalue weighted by Gasteiger charge is 2.33. The molecule has 2 amide bonds. The number of hydrogen-bond donors (Lipinski definition) is 2. The van der Waals surface area contributed by atoms with Gasteiger partial charge in [0, 0.05) is 12.1 Å². The molecular weight excluding hydrogens is 275 g/mol. The number of urea groups is 1. The third kappa shape index (κ3) is 2.99. The topological polar surface area (TPSA) is 69.6 Å². The first kappa shape index (κ1) is 15.3. The van der Waals surface area contributed by atoms with Crippen LogP contribution in [0.5, 0.6) is 0 Å². The predicted octanol–water partition coefficient (Wildman–Crippen LogP) is 3.32. The molecule has 114 valence electrons. The normalized spacial score (nSPS) is 21.4. The number of carbonyl (C=O) groups is 2. The molecule has 21 heavy (non-hydrogen) atoms. The Morgan fingerprint density at radius 3 is 2.76 bits per heavy atom. The zero-order chi connectivity index (χ0) is 15.6. The van der Waals surface area contributed by atoms with E-state index in [2.05, 4.69) is 5.32 Å². The van der Waals surface area contributed by atoms with Crippen molar-refractivity contribution in [2.45, 2.75) is 45.2 Å². The van der Waals surface area contributed by atoms with Gasteiger partial charge >= 0.3 is 12.0 Å². The maximum Gasteiger partial charge on any atom is 0.337 e. The van der Waals surface area contributed by atoms with Crippen LogP contribution in [-0.2, 0) is 0 Å². The summed E-state index contributed by atoms with van der Waals surface area (Å²) >= 11 is 0. The summed E-state index contributed by atoms with van der Waals surface area (Å²) in [6.07, 6.45) is 2.63. The van der Waals surface area contributed by atoms with Gasteiger partial charge in [-0.3, -0.25) is 0 Å². The van der Waals surface area contributed by atoms with Gasteiger partial charge in [0.05, 0.1) is 11.3 Å². The van der Waals surface area contributed by atoms with Gasteiger partial charge in [0.1, 0.15) is 5.82 Å². The number of aromatic carboxylic acids is 1. The summed E-state index contributed by atoms with van der Waals surface area (Å²) in [6.45, 7) is 3.93. The number of hydrogen-bond acceptors (Lipinski definition) is 2. The highest BCUT2D eigenvalue weighted by molar-refractivity contribution is 6.00. The van der Waals surface area contributed by atoms with Gasteiger partial charge in [-0.05, 0) is 38.3 Å². The second kappa shape index (κ2) is 6.11. The number of carboxylic acids is 1. The monoisotopic (exact) mass is 294 g/mol. The molecule has 5 nitrogen and oxygen atoms in total. The van der Waals surface area contributed by atoms with Gasteiger partial charge in [0.2, 0.25) is 0 Å². The molecule has 0 aromatic heterocycles. The summed E-state index contributed by atoms with van der Waals surface area (Å²) in [7, 11) is 0. The van der Waals surface area contributed by atoms with Crippen LogP contribution in [0.4, 0.5) is 14.9 Å². The number of likely N-dealkylation sites (tertiary alicyclic amines) is 1. The lowest BCUT2D eigenvalue weighted by molar-refractivity contribution is 0.0697. The van der Waals surface area contributed by atoms with Gasteiger partial charge < -0.3 is 15.3 Å². The Balaban J connectivity index is 2.26. The SMILES string of the molecule is CCC1CCC(C)N1C(=O)Nc1c(F)cccc1C(=O)O. The Hall–Kier alpha value is -2.11. The summed E-state index contributed by atoms with van der Waals surface area (Å²) in [4.78, 5) is 25.2. The molecule has 6 heteroatoms. The Bertz CT molecular complexity index is 562. The quantitative estimate of drug-likeness (QED) is 0.898. The number of amides is 2. The highest BCUT2D eigenvalue weighted by Crippen LogP contribution is 2.28. The number of para-hydroxylation sites is 1. The predicted molar refractivity (Wildman–Crippen MR) is 77.0 cm³/mol. The molecule has 2 atom stereocenters. The minimum absolute atomic E-state index is 0.0648. The minimum Gasteiger partial charge on any atom is -0.478 e. The van der Waals surface area contributed by atoms with Crippen LogP contribution >= 0.6 is 0 Å². The summed E-state index contributed by atoms with van der Waals surface area (Å²) in [6, 6.07) is 3.44. The molecule has 0 aliphatic carbocycles. The van der Waals surface area contributed by atoms with Crippen LogP contribution in [0.1, 0.15) is 43.5 Å². The molecule has 1 aliphatic rings. The molecule has 0 spiro atoms. The van der Waals surface area contributed by atoms with Crippen molar-refractivity contribution >= 4 is 17.7 Å². The van der Waals surface area contributed by atoms with Gasteiger partial charge in [0.25, 0.3) is 0 Å². The standard InChI is InChI=1S/C15H19FN2O3/c1-3-10-8-7-9(2)18(10)15(21)17-13-11(14(19)20)5-4-6-12(13)16/h4-6,9-10H,3,7-8H2,1-2H3,(H,17,21)(H,19,20). The first-order chi connectivity index (χ1) is 9.95. The molecule has 2 unspecified atom stereocenters. The van der Waals surface area contributed by atoms with Gasteiger partial charge in [-0.1, -0.05) is 13.0 Å². The van der Waals surface area contributed by atoms with Gasteiger partial charge in [-0.15, -0.1) is 0 Å². The van der Waals surface area contributed by atoms with Crippen molar-refractivity contribution < 1.29 is 19.1 Å². The van der Waals surface area contributed by atoms with E-state index in [1.807, 2.05) is 13.8 Å². The van der Waals surface area contributed by atoms with Gasteiger partial charge in [-0.25, -0.2) is 14.0 Å². The van der Waals surface area contributed by atoms with E-state index in [0.29, 0.717) is 0 Å². The Morgan fingerprint density at radius 1 is 1.43 bits per heavy atom. The van der Waals surface area contributed by atoms with Gasteiger partial charge in [-0.2, -0.15) is 0 Å². The molecule has 1 fully saturated rings. The minimum atomic E-state index is -1.27. The van der Waals surface area contributed by atoms with Crippen molar-refractivity contribution in [2.75, 3.05) is 5.32 Å². The maximum atomic E-state index is 13.8. The molecule has 1 heterocycles. The molecule has 1 aliphatic heterocycles. The largest absolute Gasteiger partial charge is 0.478 e. The molecule has 0 saturated carbocycles. The fraction of sp³-hybridized carbons (Fsp3) is 0.467. The van der Waals surface area contributed by atoms with Crippen LogP contribution in [0.15, 0.2) is 18.2 Å². The Labute approximate surface area is 122 Å². The molecule has 2 N–H and O–H groups in total. The van der Waals surface area contributed by atoms with Crippen LogP contribution in [0, 0.1) is 5.82 Å². The average molecular weight is 294 g/mol. The van der Waals surface area contributed by atoms with E-state index >= 15 is 0 Å². The number of carbonyl (C=O) groups excluding carboxylic acids is 1. The number of carboxylic acid groups (broad SMARTS) is 1. The van der Waals surface area contributed by atoms with Crippen LogP contribution < -0.4 is 5.32 Å². The van der Waals surface area contributed by atoms with Crippen molar-refractivity contribution in [3.63, 3.8) is 0 Å². The van der Waals surface area contributed by atoms with Crippen molar-refractivity contribution in [2.24, 2.45) is 0 Å². The van der Waals surface area contributed by atoms with Crippen LogP contribution in [0.3, 0.4) is 0 Å². The smallest absolute Gasteiger partial charge is 0.337 e. The third-order valence-electron chi connectivity index (χ3n) is 3.97. The molecule has 1 saturated heterocycles. The summed E-state index contributed by atoms with van der Waals surface area (Å²) in [5, 5.41) is 11.5. The van der Waals surface area contributed by atoms with Crippen molar-refractivity contribution in [3.05, 3.63) is 29.6 Å². The third-order valence-corrected chi connectivity index (χ3v) is 3.97. The van der Waals surface area contributed by atoms with Crippen LogP contribution in [0.2, 0.25) is 0 Å². The average Bonchev–Trinajstić information content (AvgIpc) is 2.81. The number of nitrogens with zero attached hydrogens (tertiary/aromatic N) is 1. The van der Waals surface area contributed by atoms with Crippen molar-refractivity contribution in [3.8, 4) is 0 Å². The Morgan fingerprint density at radius 2 is 2.14 bits per heavy atom. The second-order valence-electron chi connectivity index (χ2n) is 5.29. The van der Waals surface area contributed by atoms with Gasteiger partial charge in [0.15, 0.2) is 0 Å². The summed E-state index contributed by atoms with van der Waals surface area (Å²) in [5.41, 5.74) is -0.521. The van der Waals surface area contributed by atoms with E-state index in [-0.39, 0.29) is 23.3 Å². The number of benzene rings is 1. The zero-order valence-corrected chi connectivity index (χ0v) is 12.1. The molecular formula is C15H19FN2O3. The molecule has 1 aromatic carbocycles. The summed E-state index contributed by atoms with van der Waals surface area (Å²) < 4.78 is 13.8. The lowest BCUT2D eigenvalue weighted by Crippen LogP contribution is -2.42. The fourth-order valence-electron chi connectivity index (χ4n) is 2.84. The highest BCUT2D eigenvalue weighted by atomic mass is 19.1. The summed E-state index contributed by atoms with van der Waals surface area (Å²) in [5.74, 6) is -2.02. The molecule has 1 aromatic rings. The number of rotatable bonds is 3.